The molecule has 3 rings (SSSR count). The summed E-state index contributed by atoms with van der Waals surface area (Å²) in [5.41, 5.74) is 5.59. The Labute approximate surface area is 127 Å². The average molecular weight is 280 g/mol. The SMILES string of the molecule is CC(C)N(Cc1ccccc1)Cc1ccc2c(c1)CCN2. The van der Waals surface area contributed by atoms with Crippen molar-refractivity contribution in [2.75, 3.05) is 11.9 Å². The van der Waals surface area contributed by atoms with E-state index in [-0.39, 0.29) is 0 Å². The molecule has 2 aromatic rings. The van der Waals surface area contributed by atoms with Gasteiger partial charge >= 0.3 is 0 Å². The van der Waals surface area contributed by atoms with Gasteiger partial charge in [-0.1, -0.05) is 42.5 Å². The van der Waals surface area contributed by atoms with E-state index in [9.17, 15) is 0 Å². The third-order valence-electron chi connectivity index (χ3n) is 4.22. The van der Waals surface area contributed by atoms with Crippen molar-refractivity contribution in [2.24, 2.45) is 0 Å². The van der Waals surface area contributed by atoms with E-state index in [0.717, 1.165) is 26.1 Å². The second-order valence-corrected chi connectivity index (χ2v) is 6.15. The topological polar surface area (TPSA) is 15.3 Å². The minimum absolute atomic E-state index is 0.539. The smallest absolute Gasteiger partial charge is 0.0373 e. The predicted molar refractivity (Wildman–Crippen MR) is 89.5 cm³/mol. The zero-order valence-corrected chi connectivity index (χ0v) is 13.0. The van der Waals surface area contributed by atoms with Gasteiger partial charge in [0.25, 0.3) is 0 Å². The first-order valence-corrected chi connectivity index (χ1v) is 7.86. The summed E-state index contributed by atoms with van der Waals surface area (Å²) in [7, 11) is 0. The molecule has 0 bridgehead atoms. The lowest BCUT2D eigenvalue weighted by Crippen LogP contribution is -2.29. The van der Waals surface area contributed by atoms with E-state index in [1.54, 1.807) is 0 Å². The van der Waals surface area contributed by atoms with Crippen LogP contribution < -0.4 is 5.32 Å². The van der Waals surface area contributed by atoms with Crippen LogP contribution >= 0.6 is 0 Å². The summed E-state index contributed by atoms with van der Waals surface area (Å²) in [4.78, 5) is 2.53. The Hall–Kier alpha value is -1.80. The van der Waals surface area contributed by atoms with Crippen molar-refractivity contribution < 1.29 is 0 Å². The number of nitrogens with one attached hydrogen (secondary N) is 1. The molecule has 0 aromatic heterocycles. The molecule has 0 atom stereocenters. The standard InChI is InChI=1S/C19H24N2/c1-15(2)21(13-16-6-4-3-5-7-16)14-17-8-9-19-18(12-17)10-11-20-19/h3-9,12,15,20H,10-11,13-14H2,1-2H3. The van der Waals surface area contributed by atoms with Crippen molar-refractivity contribution in [3.05, 3.63) is 65.2 Å². The Morgan fingerprint density at radius 1 is 1.00 bits per heavy atom. The molecule has 1 aliphatic rings. The van der Waals surface area contributed by atoms with E-state index >= 15 is 0 Å². The minimum atomic E-state index is 0.539. The van der Waals surface area contributed by atoms with Gasteiger partial charge in [0.15, 0.2) is 0 Å². The van der Waals surface area contributed by atoms with Gasteiger partial charge in [0.2, 0.25) is 0 Å². The first kappa shape index (κ1) is 14.2. The van der Waals surface area contributed by atoms with E-state index in [0.29, 0.717) is 6.04 Å². The van der Waals surface area contributed by atoms with E-state index in [2.05, 4.69) is 72.6 Å². The molecule has 0 unspecified atom stereocenters. The lowest BCUT2D eigenvalue weighted by atomic mass is 10.1. The number of hydrogen-bond acceptors (Lipinski definition) is 2. The van der Waals surface area contributed by atoms with Crippen LogP contribution in [0.1, 0.15) is 30.5 Å². The highest BCUT2D eigenvalue weighted by atomic mass is 15.1. The molecule has 21 heavy (non-hydrogen) atoms. The average Bonchev–Trinajstić information content (AvgIpc) is 2.95. The molecule has 0 fully saturated rings. The van der Waals surface area contributed by atoms with Gasteiger partial charge in [0.05, 0.1) is 0 Å². The molecular weight excluding hydrogens is 256 g/mol. The molecule has 0 saturated carbocycles. The highest BCUT2D eigenvalue weighted by Crippen LogP contribution is 2.24. The fourth-order valence-corrected chi connectivity index (χ4v) is 2.93. The van der Waals surface area contributed by atoms with Gasteiger partial charge in [0.1, 0.15) is 0 Å². The predicted octanol–water partition coefficient (Wildman–Crippen LogP) is 4.07. The maximum absolute atomic E-state index is 3.43. The monoisotopic (exact) mass is 280 g/mol. The lowest BCUT2D eigenvalue weighted by Gasteiger charge is -2.27. The van der Waals surface area contributed by atoms with Crippen LogP contribution in [-0.4, -0.2) is 17.5 Å². The van der Waals surface area contributed by atoms with Crippen LogP contribution in [0.25, 0.3) is 0 Å². The highest BCUT2D eigenvalue weighted by Gasteiger charge is 2.14. The first-order chi connectivity index (χ1) is 10.2. The second-order valence-electron chi connectivity index (χ2n) is 6.15. The van der Waals surface area contributed by atoms with Crippen LogP contribution in [0.15, 0.2) is 48.5 Å². The molecule has 0 aliphatic carbocycles. The Balaban J connectivity index is 1.73. The van der Waals surface area contributed by atoms with Gasteiger partial charge < -0.3 is 5.32 Å². The van der Waals surface area contributed by atoms with Crippen LogP contribution in [0.2, 0.25) is 0 Å². The Bertz CT molecular complexity index is 590. The largest absolute Gasteiger partial charge is 0.384 e. The number of rotatable bonds is 5. The van der Waals surface area contributed by atoms with Crippen molar-refractivity contribution in [1.82, 2.24) is 4.90 Å². The van der Waals surface area contributed by atoms with Crippen LogP contribution in [0, 0.1) is 0 Å². The van der Waals surface area contributed by atoms with E-state index in [1.807, 2.05) is 0 Å². The quantitative estimate of drug-likeness (QED) is 0.888. The Kier molecular flexibility index (Phi) is 4.26. The molecule has 2 heteroatoms. The van der Waals surface area contributed by atoms with E-state index in [1.165, 1.54) is 22.4 Å². The van der Waals surface area contributed by atoms with Crippen LogP contribution in [0.4, 0.5) is 5.69 Å². The van der Waals surface area contributed by atoms with Crippen molar-refractivity contribution in [2.45, 2.75) is 39.4 Å². The normalized spacial score (nSPS) is 13.5. The number of benzene rings is 2. The summed E-state index contributed by atoms with van der Waals surface area (Å²) < 4.78 is 0. The van der Waals surface area contributed by atoms with E-state index < -0.39 is 0 Å². The number of hydrogen-bond donors (Lipinski definition) is 1. The number of fused-ring (bicyclic) bond motifs is 1. The maximum atomic E-state index is 3.43. The van der Waals surface area contributed by atoms with Gasteiger partial charge in [-0.3, -0.25) is 4.90 Å². The summed E-state index contributed by atoms with van der Waals surface area (Å²) in [6, 6.07) is 18.1. The zero-order chi connectivity index (χ0) is 14.7. The Morgan fingerprint density at radius 3 is 2.52 bits per heavy atom. The van der Waals surface area contributed by atoms with E-state index in [4.69, 9.17) is 0 Å². The molecule has 0 radical (unpaired) electrons. The molecule has 1 aliphatic heterocycles. The van der Waals surface area contributed by atoms with Gasteiger partial charge in [-0.2, -0.15) is 0 Å². The van der Waals surface area contributed by atoms with Gasteiger partial charge in [-0.25, -0.2) is 0 Å². The lowest BCUT2D eigenvalue weighted by molar-refractivity contribution is 0.203. The summed E-state index contributed by atoms with van der Waals surface area (Å²) in [5, 5.41) is 3.43. The van der Waals surface area contributed by atoms with Gasteiger partial charge in [0, 0.05) is 31.4 Å². The Morgan fingerprint density at radius 2 is 1.76 bits per heavy atom. The molecule has 0 saturated heterocycles. The molecule has 0 amide bonds. The van der Waals surface area contributed by atoms with Gasteiger partial charge in [-0.05, 0) is 43.0 Å². The minimum Gasteiger partial charge on any atom is -0.384 e. The summed E-state index contributed by atoms with van der Waals surface area (Å²) >= 11 is 0. The molecular formula is C19H24N2. The molecule has 2 nitrogen and oxygen atoms in total. The van der Waals surface area contributed by atoms with Crippen LogP contribution in [0.5, 0.6) is 0 Å². The highest BCUT2D eigenvalue weighted by molar-refractivity contribution is 5.56. The second kappa shape index (κ2) is 6.31. The number of anilines is 1. The third-order valence-corrected chi connectivity index (χ3v) is 4.22. The van der Waals surface area contributed by atoms with Crippen molar-refractivity contribution in [3.8, 4) is 0 Å². The zero-order valence-electron chi connectivity index (χ0n) is 13.0. The van der Waals surface area contributed by atoms with Crippen molar-refractivity contribution >= 4 is 5.69 Å². The number of nitrogens with zero attached hydrogens (tertiary/aromatic N) is 1. The fourth-order valence-electron chi connectivity index (χ4n) is 2.93. The van der Waals surface area contributed by atoms with Crippen LogP contribution in [0.3, 0.4) is 0 Å². The molecule has 0 spiro atoms. The summed E-state index contributed by atoms with van der Waals surface area (Å²) in [5.74, 6) is 0. The van der Waals surface area contributed by atoms with Gasteiger partial charge in [-0.15, -0.1) is 0 Å². The molecule has 1 heterocycles. The molecule has 110 valence electrons. The summed E-state index contributed by atoms with van der Waals surface area (Å²) in [6.07, 6.45) is 1.16. The molecule has 2 aromatic carbocycles. The maximum Gasteiger partial charge on any atom is 0.0373 e. The summed E-state index contributed by atoms with van der Waals surface area (Å²) in [6.45, 7) is 7.65. The van der Waals surface area contributed by atoms with Crippen molar-refractivity contribution in [3.63, 3.8) is 0 Å². The fraction of sp³-hybridized carbons (Fsp3) is 0.368. The third kappa shape index (κ3) is 3.45. The molecule has 1 N–H and O–H groups in total. The first-order valence-electron chi connectivity index (χ1n) is 7.86. The van der Waals surface area contributed by atoms with Crippen molar-refractivity contribution in [1.29, 1.82) is 0 Å². The van der Waals surface area contributed by atoms with Crippen LogP contribution in [-0.2, 0) is 19.5 Å².